The van der Waals surface area contributed by atoms with Crippen molar-refractivity contribution in [1.29, 1.82) is 0 Å². The third-order valence-corrected chi connectivity index (χ3v) is 4.21. The lowest BCUT2D eigenvalue weighted by Crippen LogP contribution is -2.46. The van der Waals surface area contributed by atoms with Crippen molar-refractivity contribution in [3.05, 3.63) is 35.3 Å². The van der Waals surface area contributed by atoms with Gasteiger partial charge in [-0.2, -0.15) is 0 Å². The quantitative estimate of drug-likeness (QED) is 0.803. The van der Waals surface area contributed by atoms with Crippen LogP contribution in [0.25, 0.3) is 5.65 Å². The van der Waals surface area contributed by atoms with Crippen LogP contribution >= 0.6 is 0 Å². The zero-order valence-corrected chi connectivity index (χ0v) is 14.1. The third kappa shape index (κ3) is 3.12. The van der Waals surface area contributed by atoms with Crippen LogP contribution in [0.5, 0.6) is 0 Å². The van der Waals surface area contributed by atoms with Crippen LogP contribution in [0, 0.1) is 6.92 Å². The lowest BCUT2D eigenvalue weighted by Gasteiger charge is -2.31. The van der Waals surface area contributed by atoms with E-state index in [0.717, 1.165) is 16.9 Å². The number of Topliss-reactive ketones (excluding diaryl/α,β-unsaturated/α-hetero) is 1. The van der Waals surface area contributed by atoms with E-state index in [4.69, 9.17) is 9.47 Å². The number of fused-ring (bicyclic) bond motifs is 1. The molecule has 0 radical (unpaired) electrons. The van der Waals surface area contributed by atoms with Crippen LogP contribution in [0.2, 0.25) is 0 Å². The number of ether oxygens (including phenoxy) is 2. The fourth-order valence-electron chi connectivity index (χ4n) is 3.03. The van der Waals surface area contributed by atoms with E-state index in [1.54, 1.807) is 4.90 Å². The summed E-state index contributed by atoms with van der Waals surface area (Å²) in [4.78, 5) is 29.8. The summed E-state index contributed by atoms with van der Waals surface area (Å²) in [5.74, 6) is -0.0769. The molecule has 0 saturated carbocycles. The molecule has 0 aliphatic carbocycles. The minimum absolute atomic E-state index is 0.0769. The van der Waals surface area contributed by atoms with Crippen molar-refractivity contribution in [2.24, 2.45) is 0 Å². The molecule has 0 N–H and O–H groups in total. The van der Waals surface area contributed by atoms with Crippen LogP contribution in [0.4, 0.5) is 4.79 Å². The van der Waals surface area contributed by atoms with Gasteiger partial charge in [0.25, 0.3) is 0 Å². The Balaban J connectivity index is 1.90. The molecule has 3 rings (SSSR count). The van der Waals surface area contributed by atoms with Gasteiger partial charge < -0.3 is 18.8 Å². The van der Waals surface area contributed by atoms with Gasteiger partial charge in [0.1, 0.15) is 11.3 Å². The van der Waals surface area contributed by atoms with Crippen molar-refractivity contribution in [1.82, 2.24) is 14.3 Å². The van der Waals surface area contributed by atoms with Crippen molar-refractivity contribution in [2.75, 3.05) is 26.8 Å². The molecular formula is C17H21N3O4. The third-order valence-electron chi connectivity index (χ3n) is 4.21. The SMILES string of the molecule is COC(=O)N1CCO[C@@H](Cc2c(C(C)=O)nc3cc(C)ccn23)C1. The van der Waals surface area contributed by atoms with E-state index in [9.17, 15) is 9.59 Å². The Kier molecular flexibility index (Phi) is 4.53. The fraction of sp³-hybridized carbons (Fsp3) is 0.471. The Morgan fingerprint density at radius 2 is 2.25 bits per heavy atom. The maximum atomic E-state index is 12.0. The number of amides is 1. The van der Waals surface area contributed by atoms with Gasteiger partial charge >= 0.3 is 6.09 Å². The van der Waals surface area contributed by atoms with E-state index < -0.39 is 0 Å². The number of rotatable bonds is 3. The Hall–Kier alpha value is -2.41. The molecule has 2 aromatic heterocycles. The molecule has 24 heavy (non-hydrogen) atoms. The molecule has 2 aromatic rings. The Morgan fingerprint density at radius 1 is 1.46 bits per heavy atom. The molecular weight excluding hydrogens is 310 g/mol. The first kappa shape index (κ1) is 16.4. The number of methoxy groups -OCH3 is 1. The first-order valence-corrected chi connectivity index (χ1v) is 7.92. The zero-order chi connectivity index (χ0) is 17.3. The van der Waals surface area contributed by atoms with Crippen molar-refractivity contribution in [3.63, 3.8) is 0 Å². The molecule has 1 aliphatic rings. The second-order valence-electron chi connectivity index (χ2n) is 6.01. The molecule has 1 aliphatic heterocycles. The second kappa shape index (κ2) is 6.60. The van der Waals surface area contributed by atoms with Crippen LogP contribution in [0.1, 0.15) is 28.7 Å². The second-order valence-corrected chi connectivity index (χ2v) is 6.01. The molecule has 1 atom stereocenters. The topological polar surface area (TPSA) is 73.1 Å². The van der Waals surface area contributed by atoms with E-state index in [-0.39, 0.29) is 18.0 Å². The summed E-state index contributed by atoms with van der Waals surface area (Å²) in [6.07, 6.45) is 1.87. The number of pyridine rings is 1. The number of nitrogens with zero attached hydrogens (tertiary/aromatic N) is 3. The summed E-state index contributed by atoms with van der Waals surface area (Å²) in [6, 6.07) is 3.92. The smallest absolute Gasteiger partial charge is 0.409 e. The summed E-state index contributed by atoms with van der Waals surface area (Å²) in [5.41, 5.74) is 3.10. The Bertz CT molecular complexity index is 783. The molecule has 0 spiro atoms. The minimum Gasteiger partial charge on any atom is -0.453 e. The first-order valence-electron chi connectivity index (χ1n) is 7.92. The van der Waals surface area contributed by atoms with Crippen molar-refractivity contribution in [2.45, 2.75) is 26.4 Å². The van der Waals surface area contributed by atoms with Gasteiger partial charge in [-0.1, -0.05) is 0 Å². The molecule has 1 fully saturated rings. The number of morpholine rings is 1. The molecule has 128 valence electrons. The van der Waals surface area contributed by atoms with Crippen LogP contribution in [-0.2, 0) is 15.9 Å². The largest absolute Gasteiger partial charge is 0.453 e. The zero-order valence-electron chi connectivity index (χ0n) is 14.1. The summed E-state index contributed by atoms with van der Waals surface area (Å²) in [5, 5.41) is 0. The van der Waals surface area contributed by atoms with Gasteiger partial charge in [0.2, 0.25) is 0 Å². The van der Waals surface area contributed by atoms with Crippen LogP contribution in [0.15, 0.2) is 18.3 Å². The number of aryl methyl sites for hydroxylation is 1. The average Bonchev–Trinajstić information content (AvgIpc) is 2.92. The molecule has 7 heteroatoms. The highest BCUT2D eigenvalue weighted by Gasteiger charge is 2.27. The lowest BCUT2D eigenvalue weighted by molar-refractivity contribution is -0.0242. The van der Waals surface area contributed by atoms with Crippen LogP contribution in [0.3, 0.4) is 0 Å². The Labute approximate surface area is 140 Å². The highest BCUT2D eigenvalue weighted by Crippen LogP contribution is 2.19. The number of ketones is 1. The lowest BCUT2D eigenvalue weighted by atomic mass is 10.1. The van der Waals surface area contributed by atoms with Crippen LogP contribution < -0.4 is 0 Å². The van der Waals surface area contributed by atoms with Gasteiger partial charge in [-0.05, 0) is 24.6 Å². The standard InChI is InChI=1S/C17H21N3O4/c1-11-4-5-20-14(16(12(2)21)18-15(20)8-11)9-13-10-19(6-7-24-13)17(22)23-3/h4-5,8,13H,6-7,9-10H2,1-3H3/t13-/m0/s1. The van der Waals surface area contributed by atoms with E-state index in [2.05, 4.69) is 4.98 Å². The van der Waals surface area contributed by atoms with Crippen molar-refractivity contribution >= 4 is 17.5 Å². The van der Waals surface area contributed by atoms with Crippen molar-refractivity contribution < 1.29 is 19.1 Å². The summed E-state index contributed by atoms with van der Waals surface area (Å²) < 4.78 is 12.5. The number of imidazole rings is 1. The van der Waals surface area contributed by atoms with E-state index in [0.29, 0.717) is 31.8 Å². The summed E-state index contributed by atoms with van der Waals surface area (Å²) >= 11 is 0. The molecule has 1 amide bonds. The van der Waals surface area contributed by atoms with Gasteiger partial charge in [0.15, 0.2) is 5.78 Å². The molecule has 0 bridgehead atoms. The molecule has 1 saturated heterocycles. The monoisotopic (exact) mass is 331 g/mol. The maximum Gasteiger partial charge on any atom is 0.409 e. The van der Waals surface area contributed by atoms with Gasteiger partial charge in [-0.3, -0.25) is 4.79 Å². The van der Waals surface area contributed by atoms with E-state index >= 15 is 0 Å². The highest BCUT2D eigenvalue weighted by atomic mass is 16.5. The molecule has 3 heterocycles. The molecule has 0 aromatic carbocycles. The summed E-state index contributed by atoms with van der Waals surface area (Å²) in [6.45, 7) is 4.89. The number of carbonyl (C=O) groups is 2. The van der Waals surface area contributed by atoms with Crippen LogP contribution in [-0.4, -0.2) is 59.1 Å². The number of carbonyl (C=O) groups excluding carboxylic acids is 2. The van der Waals surface area contributed by atoms with Crippen molar-refractivity contribution in [3.8, 4) is 0 Å². The normalized spacial score (nSPS) is 18.0. The predicted molar refractivity (Wildman–Crippen MR) is 87.4 cm³/mol. The van der Waals surface area contributed by atoms with Gasteiger partial charge in [-0.25, -0.2) is 9.78 Å². The molecule has 7 nitrogen and oxygen atoms in total. The maximum absolute atomic E-state index is 12.0. The molecule has 0 unspecified atom stereocenters. The minimum atomic E-state index is -0.358. The van der Waals surface area contributed by atoms with E-state index in [1.165, 1.54) is 14.0 Å². The summed E-state index contributed by atoms with van der Waals surface area (Å²) in [7, 11) is 1.37. The predicted octanol–water partition coefficient (Wildman–Crippen LogP) is 1.86. The Morgan fingerprint density at radius 3 is 2.96 bits per heavy atom. The average molecular weight is 331 g/mol. The fourth-order valence-corrected chi connectivity index (χ4v) is 3.03. The number of aromatic nitrogens is 2. The number of hydrogen-bond donors (Lipinski definition) is 0. The van der Waals surface area contributed by atoms with Gasteiger partial charge in [0.05, 0.1) is 32.1 Å². The van der Waals surface area contributed by atoms with E-state index in [1.807, 2.05) is 29.7 Å². The van der Waals surface area contributed by atoms with Gasteiger partial charge in [-0.15, -0.1) is 0 Å². The first-order chi connectivity index (χ1) is 11.5. The number of hydrogen-bond acceptors (Lipinski definition) is 5. The van der Waals surface area contributed by atoms with Gasteiger partial charge in [0, 0.05) is 26.1 Å². The highest BCUT2D eigenvalue weighted by molar-refractivity contribution is 5.94.